The van der Waals surface area contributed by atoms with Gasteiger partial charge in [0.2, 0.25) is 0 Å². The van der Waals surface area contributed by atoms with Gasteiger partial charge < -0.3 is 14.9 Å². The van der Waals surface area contributed by atoms with Crippen LogP contribution < -0.4 is 5.32 Å². The molecule has 0 aliphatic heterocycles. The highest BCUT2D eigenvalue weighted by molar-refractivity contribution is 5.96. The Morgan fingerprint density at radius 2 is 2.00 bits per heavy atom. The molecule has 0 radical (unpaired) electrons. The number of hydrogen-bond donors (Lipinski definition) is 2. The molecule has 0 spiro atoms. The van der Waals surface area contributed by atoms with Crippen LogP contribution in [0.25, 0.3) is 5.82 Å². The number of carbonyl (C=O) groups excluding carboxylic acids is 1. The molecule has 0 bridgehead atoms. The molecule has 1 amide bonds. The van der Waals surface area contributed by atoms with Crippen LogP contribution in [0.15, 0.2) is 16.7 Å². The number of aromatic nitrogens is 2. The van der Waals surface area contributed by atoms with Gasteiger partial charge in [-0.3, -0.25) is 14.2 Å². The quantitative estimate of drug-likeness (QED) is 0.898. The summed E-state index contributed by atoms with van der Waals surface area (Å²) in [4.78, 5) is 23.2. The number of carboxylic acid groups (broad SMARTS) is 1. The second kappa shape index (κ2) is 5.57. The predicted octanol–water partition coefficient (Wildman–Crippen LogP) is 1.98. The first-order chi connectivity index (χ1) is 10.9. The Morgan fingerprint density at radius 3 is 2.57 bits per heavy atom. The summed E-state index contributed by atoms with van der Waals surface area (Å²) in [5, 5.41) is 15.8. The van der Waals surface area contributed by atoms with Gasteiger partial charge >= 0.3 is 5.97 Å². The lowest BCUT2D eigenvalue weighted by Crippen LogP contribution is -2.46. The number of carboxylic acids is 1. The maximum Gasteiger partial charge on any atom is 0.306 e. The molecule has 7 heteroatoms. The van der Waals surface area contributed by atoms with E-state index in [9.17, 15) is 9.59 Å². The van der Waals surface area contributed by atoms with Gasteiger partial charge in [0.15, 0.2) is 5.82 Å². The number of aryl methyl sites for hydroxylation is 2. The fourth-order valence-corrected chi connectivity index (χ4v) is 3.00. The Morgan fingerprint density at radius 1 is 1.30 bits per heavy atom. The summed E-state index contributed by atoms with van der Waals surface area (Å²) < 4.78 is 6.96. The van der Waals surface area contributed by atoms with E-state index < -0.39 is 5.97 Å². The monoisotopic (exact) mass is 317 g/mol. The van der Waals surface area contributed by atoms with Crippen LogP contribution in [-0.4, -0.2) is 32.7 Å². The topological polar surface area (TPSA) is 97.4 Å². The summed E-state index contributed by atoms with van der Waals surface area (Å²) >= 11 is 0. The Hall–Kier alpha value is -2.57. The lowest BCUT2D eigenvalue weighted by molar-refractivity contribution is -0.145. The number of nitrogens with one attached hydrogen (secondary N) is 1. The van der Waals surface area contributed by atoms with Crippen molar-refractivity contribution < 1.29 is 19.2 Å². The highest BCUT2D eigenvalue weighted by Gasteiger charge is 2.35. The van der Waals surface area contributed by atoms with E-state index >= 15 is 0 Å². The molecule has 1 fully saturated rings. The van der Waals surface area contributed by atoms with Crippen LogP contribution in [0.1, 0.15) is 40.3 Å². The minimum atomic E-state index is -0.796. The molecule has 23 heavy (non-hydrogen) atoms. The van der Waals surface area contributed by atoms with E-state index in [0.29, 0.717) is 30.0 Å². The van der Waals surface area contributed by atoms with Gasteiger partial charge in [-0.15, -0.1) is 0 Å². The van der Waals surface area contributed by atoms with Crippen molar-refractivity contribution >= 4 is 11.9 Å². The summed E-state index contributed by atoms with van der Waals surface area (Å²) in [6, 6.07) is 3.55. The van der Waals surface area contributed by atoms with Crippen molar-refractivity contribution in [1.29, 1.82) is 0 Å². The van der Waals surface area contributed by atoms with Crippen LogP contribution >= 0.6 is 0 Å². The molecule has 2 aromatic rings. The number of carbonyl (C=O) groups is 2. The van der Waals surface area contributed by atoms with Gasteiger partial charge in [0.25, 0.3) is 5.91 Å². The van der Waals surface area contributed by atoms with Crippen LogP contribution in [0.2, 0.25) is 0 Å². The van der Waals surface area contributed by atoms with Crippen LogP contribution in [0, 0.1) is 26.7 Å². The molecule has 3 rings (SSSR count). The van der Waals surface area contributed by atoms with E-state index in [1.807, 2.05) is 37.5 Å². The van der Waals surface area contributed by atoms with Gasteiger partial charge in [0, 0.05) is 23.5 Å². The fraction of sp³-hybridized carbons (Fsp3) is 0.438. The smallest absolute Gasteiger partial charge is 0.306 e. The van der Waals surface area contributed by atoms with Crippen LogP contribution in [0.4, 0.5) is 0 Å². The molecular weight excluding hydrogens is 298 g/mol. The minimum absolute atomic E-state index is 0.0686. The molecule has 0 atom stereocenters. The average molecular weight is 317 g/mol. The molecule has 122 valence electrons. The summed E-state index contributed by atoms with van der Waals surface area (Å²) in [6.45, 7) is 5.57. The first kappa shape index (κ1) is 15.3. The van der Waals surface area contributed by atoms with Crippen molar-refractivity contribution in [2.75, 3.05) is 0 Å². The minimum Gasteiger partial charge on any atom is -0.481 e. The molecule has 0 aromatic carbocycles. The number of amides is 1. The van der Waals surface area contributed by atoms with Gasteiger partial charge in [0.1, 0.15) is 5.76 Å². The lowest BCUT2D eigenvalue weighted by Gasteiger charge is -2.32. The van der Waals surface area contributed by atoms with Crippen molar-refractivity contribution in [3.63, 3.8) is 0 Å². The van der Waals surface area contributed by atoms with E-state index in [0.717, 1.165) is 11.4 Å². The van der Waals surface area contributed by atoms with Crippen LogP contribution in [0.3, 0.4) is 0 Å². The summed E-state index contributed by atoms with van der Waals surface area (Å²) in [7, 11) is 0. The SMILES string of the molecule is Cc1cc(-n2c(C)cc(C(=O)NC3CC(C(=O)O)C3)c2C)no1. The third kappa shape index (κ3) is 2.74. The van der Waals surface area contributed by atoms with Gasteiger partial charge in [-0.05, 0) is 39.7 Å². The normalized spacial score (nSPS) is 20.1. The van der Waals surface area contributed by atoms with E-state index in [4.69, 9.17) is 9.63 Å². The van der Waals surface area contributed by atoms with Crippen LogP contribution in [-0.2, 0) is 4.79 Å². The zero-order valence-corrected chi connectivity index (χ0v) is 13.3. The summed E-state index contributed by atoms with van der Waals surface area (Å²) in [5.41, 5.74) is 2.24. The first-order valence-electron chi connectivity index (χ1n) is 7.53. The highest BCUT2D eigenvalue weighted by atomic mass is 16.5. The molecule has 1 saturated carbocycles. The molecule has 1 aliphatic rings. The van der Waals surface area contributed by atoms with E-state index in [2.05, 4.69) is 10.5 Å². The maximum absolute atomic E-state index is 12.4. The Labute approximate surface area is 133 Å². The maximum atomic E-state index is 12.4. The van der Waals surface area contributed by atoms with Crippen molar-refractivity contribution in [3.8, 4) is 5.82 Å². The standard InChI is InChI=1S/C16H19N3O4/c1-8-4-13(10(3)19(8)14-5-9(2)23-18-14)15(20)17-12-6-11(7-12)16(21)22/h4-5,11-12H,6-7H2,1-3H3,(H,17,20)(H,21,22). The molecule has 2 heterocycles. The third-order valence-electron chi connectivity index (χ3n) is 4.34. The molecular formula is C16H19N3O4. The summed E-state index contributed by atoms with van der Waals surface area (Å²) in [5.74, 6) is 0.0261. The highest BCUT2D eigenvalue weighted by Crippen LogP contribution is 2.28. The molecule has 2 N–H and O–H groups in total. The molecule has 0 saturated heterocycles. The Kier molecular flexibility index (Phi) is 3.71. The Balaban J connectivity index is 1.76. The number of aliphatic carboxylic acids is 1. The molecule has 2 aromatic heterocycles. The summed E-state index contributed by atoms with van der Waals surface area (Å²) in [6.07, 6.45) is 0.977. The van der Waals surface area contributed by atoms with E-state index in [-0.39, 0.29) is 17.9 Å². The van der Waals surface area contributed by atoms with Gasteiger partial charge in [-0.1, -0.05) is 5.16 Å². The number of hydrogen-bond acceptors (Lipinski definition) is 4. The van der Waals surface area contributed by atoms with Gasteiger partial charge in [-0.25, -0.2) is 0 Å². The predicted molar refractivity (Wildman–Crippen MR) is 81.7 cm³/mol. The van der Waals surface area contributed by atoms with Crippen molar-refractivity contribution in [2.24, 2.45) is 5.92 Å². The van der Waals surface area contributed by atoms with Crippen molar-refractivity contribution in [2.45, 2.75) is 39.7 Å². The third-order valence-corrected chi connectivity index (χ3v) is 4.34. The zero-order chi connectivity index (χ0) is 16.7. The molecule has 1 aliphatic carbocycles. The van der Waals surface area contributed by atoms with Crippen molar-refractivity contribution in [1.82, 2.24) is 15.0 Å². The molecule has 0 unspecified atom stereocenters. The second-order valence-corrected chi connectivity index (χ2v) is 6.09. The fourth-order valence-electron chi connectivity index (χ4n) is 3.00. The average Bonchev–Trinajstić information content (AvgIpc) is 2.96. The largest absolute Gasteiger partial charge is 0.481 e. The number of nitrogens with zero attached hydrogens (tertiary/aromatic N) is 2. The van der Waals surface area contributed by atoms with Gasteiger partial charge in [-0.2, -0.15) is 0 Å². The van der Waals surface area contributed by atoms with E-state index in [1.54, 1.807) is 0 Å². The van der Waals surface area contributed by atoms with Crippen LogP contribution in [0.5, 0.6) is 0 Å². The van der Waals surface area contributed by atoms with E-state index in [1.165, 1.54) is 0 Å². The number of rotatable bonds is 4. The Bertz CT molecular complexity index is 768. The second-order valence-electron chi connectivity index (χ2n) is 6.09. The first-order valence-corrected chi connectivity index (χ1v) is 7.53. The van der Waals surface area contributed by atoms with Gasteiger partial charge in [0.05, 0.1) is 11.5 Å². The lowest BCUT2D eigenvalue weighted by atomic mass is 9.80. The zero-order valence-electron chi connectivity index (χ0n) is 13.3. The van der Waals surface area contributed by atoms with Crippen molar-refractivity contribution in [3.05, 3.63) is 34.8 Å². The molecule has 7 nitrogen and oxygen atoms in total.